The maximum absolute atomic E-state index is 11.5. The van der Waals surface area contributed by atoms with Crippen LogP contribution < -0.4 is 4.74 Å². The Balaban J connectivity index is 0.000000184. The number of halogens is 3. The normalized spacial score (nSPS) is 11.6. The molecular formula is C51H49Cl3N8O6. The van der Waals surface area contributed by atoms with Crippen LogP contribution in [0.25, 0.3) is 22.3 Å². The van der Waals surface area contributed by atoms with E-state index < -0.39 is 11.9 Å². The van der Waals surface area contributed by atoms with Crippen LogP contribution in [0.2, 0.25) is 10.0 Å². The van der Waals surface area contributed by atoms with Crippen LogP contribution in [0.15, 0.2) is 133 Å². The number of methoxy groups -OCH3 is 1. The van der Waals surface area contributed by atoms with Gasteiger partial charge in [0.2, 0.25) is 0 Å². The third-order valence-electron chi connectivity index (χ3n) is 10.9. The summed E-state index contributed by atoms with van der Waals surface area (Å²) in [5.74, 6) is 0.440. The van der Waals surface area contributed by atoms with Gasteiger partial charge in [-0.1, -0.05) is 96.0 Å². The molecule has 8 aromatic rings. The van der Waals surface area contributed by atoms with E-state index in [1.165, 1.54) is 33.2 Å². The average molecular weight is 976 g/mol. The zero-order chi connectivity index (χ0) is 48.7. The number of phenolic OH excluding ortho intramolecular Hbond substituents is 1. The molecule has 2 atom stereocenters. The summed E-state index contributed by atoms with van der Waals surface area (Å²) >= 11 is 17.9. The standard InChI is InChI=1S/C25H23ClN4O3.C14H12Cl2.C12H14N4O3/c1-16-12-20(26)8-11-22(16)19-5-3-4-17(13-19)15-33-21-9-6-18(7-10-21)23(14-24(31)32)25-27-28-29-30(25)2;1-10-7-13(16)5-6-14(10)12-4-2-3-11(8-12)9-15;1-16-12(13-14-15-16)10(7-11(18)19-2)8-3-5-9(17)6-4-8/h3-13,23H,14-15H2,1-2H3,(H,31,32);2-8H,9H2,1H3;3-6,10,17H,7H2,1-2H3/t23-;;10-/m0.0/s1. The van der Waals surface area contributed by atoms with Crippen molar-refractivity contribution in [1.82, 2.24) is 40.4 Å². The number of alkyl halides is 1. The first-order valence-electron chi connectivity index (χ1n) is 21.2. The average Bonchev–Trinajstić information content (AvgIpc) is 3.97. The lowest BCUT2D eigenvalue weighted by molar-refractivity contribution is -0.141. The number of tetrazole rings is 2. The molecule has 0 unspecified atom stereocenters. The number of esters is 1. The summed E-state index contributed by atoms with van der Waals surface area (Å²) in [6.45, 7) is 4.51. The van der Waals surface area contributed by atoms with E-state index in [4.69, 9.17) is 44.3 Å². The quantitative estimate of drug-likeness (QED) is 0.0779. The Morgan fingerprint density at radius 2 is 1.13 bits per heavy atom. The van der Waals surface area contributed by atoms with E-state index in [-0.39, 0.29) is 30.5 Å². The Morgan fingerprint density at radius 1 is 0.647 bits per heavy atom. The van der Waals surface area contributed by atoms with Crippen LogP contribution in [0.3, 0.4) is 0 Å². The van der Waals surface area contributed by atoms with E-state index in [1.54, 1.807) is 38.4 Å². The molecule has 0 fully saturated rings. The molecule has 0 saturated heterocycles. The number of carboxylic acid groups (broad SMARTS) is 1. The van der Waals surface area contributed by atoms with Crippen molar-refractivity contribution < 1.29 is 29.3 Å². The number of carbonyl (C=O) groups excluding carboxylic acids is 1. The summed E-state index contributed by atoms with van der Waals surface area (Å²) in [5, 5.41) is 42.9. The molecule has 0 spiro atoms. The Labute approximate surface area is 409 Å². The lowest BCUT2D eigenvalue weighted by Crippen LogP contribution is -2.14. The molecule has 2 N–H and O–H groups in total. The lowest BCUT2D eigenvalue weighted by atomic mass is 9.95. The van der Waals surface area contributed by atoms with E-state index in [0.717, 1.165) is 49.0 Å². The second kappa shape index (κ2) is 24.1. The van der Waals surface area contributed by atoms with E-state index in [0.29, 0.717) is 29.9 Å². The summed E-state index contributed by atoms with van der Waals surface area (Å²) in [7, 11) is 4.74. The Hall–Kier alpha value is -7.13. The van der Waals surface area contributed by atoms with Crippen LogP contribution in [0.4, 0.5) is 0 Å². The van der Waals surface area contributed by atoms with Crippen LogP contribution >= 0.6 is 34.8 Å². The number of aryl methyl sites for hydroxylation is 4. The Kier molecular flexibility index (Phi) is 17.8. The van der Waals surface area contributed by atoms with Crippen molar-refractivity contribution in [2.75, 3.05) is 7.11 Å². The van der Waals surface area contributed by atoms with Gasteiger partial charge >= 0.3 is 11.9 Å². The number of hydrogen-bond donors (Lipinski definition) is 2. The van der Waals surface area contributed by atoms with E-state index in [2.05, 4.69) is 62.2 Å². The molecule has 6 aromatic carbocycles. The van der Waals surface area contributed by atoms with E-state index in [9.17, 15) is 19.8 Å². The van der Waals surface area contributed by atoms with Gasteiger partial charge in [0, 0.05) is 30.0 Å². The van der Waals surface area contributed by atoms with Gasteiger partial charge in [-0.2, -0.15) is 0 Å². The third kappa shape index (κ3) is 13.7. The largest absolute Gasteiger partial charge is 0.508 e. The zero-order valence-electron chi connectivity index (χ0n) is 37.9. The number of aromatic nitrogens is 8. The molecule has 0 aliphatic rings. The molecular weight excluding hydrogens is 927 g/mol. The van der Waals surface area contributed by atoms with Gasteiger partial charge in [0.15, 0.2) is 11.6 Å². The minimum atomic E-state index is -0.917. The van der Waals surface area contributed by atoms with Crippen molar-refractivity contribution in [3.63, 3.8) is 0 Å². The summed E-state index contributed by atoms with van der Waals surface area (Å²) in [4.78, 5) is 22.9. The van der Waals surface area contributed by atoms with Gasteiger partial charge in [-0.15, -0.1) is 21.8 Å². The SMILES string of the molecule is COC(=O)C[C@@H](c1ccc(O)cc1)c1nnnn1C.Cc1cc(Cl)ccc1-c1cccc(CCl)c1.Cc1cc(Cl)ccc1-c1cccc(COc2ccc([C@H](CC(=O)O)c3nnnn3C)cc2)c1. The smallest absolute Gasteiger partial charge is 0.306 e. The lowest BCUT2D eigenvalue weighted by Gasteiger charge is -2.15. The Morgan fingerprint density at radius 3 is 1.59 bits per heavy atom. The highest BCUT2D eigenvalue weighted by atomic mass is 35.5. The molecule has 350 valence electrons. The van der Waals surface area contributed by atoms with Crippen molar-refractivity contribution >= 4 is 46.7 Å². The highest BCUT2D eigenvalue weighted by Crippen LogP contribution is 2.31. The minimum Gasteiger partial charge on any atom is -0.508 e. The van der Waals surface area contributed by atoms with Gasteiger partial charge in [0.1, 0.15) is 18.1 Å². The number of hydrogen-bond acceptors (Lipinski definition) is 11. The van der Waals surface area contributed by atoms with Gasteiger partial charge in [-0.05, 0) is 151 Å². The number of nitrogens with zero attached hydrogens (tertiary/aromatic N) is 8. The van der Waals surface area contributed by atoms with Crippen molar-refractivity contribution in [3.8, 4) is 33.8 Å². The molecule has 0 aliphatic carbocycles. The van der Waals surface area contributed by atoms with Crippen LogP contribution in [0.1, 0.15) is 69.7 Å². The molecule has 17 heteroatoms. The maximum Gasteiger partial charge on any atom is 0.306 e. The van der Waals surface area contributed by atoms with Crippen molar-refractivity contribution in [2.45, 2.75) is 51.0 Å². The maximum atomic E-state index is 11.5. The molecule has 0 saturated carbocycles. The predicted octanol–water partition coefficient (Wildman–Crippen LogP) is 10.7. The van der Waals surface area contributed by atoms with Gasteiger partial charge in [-0.25, -0.2) is 9.36 Å². The highest BCUT2D eigenvalue weighted by molar-refractivity contribution is 6.31. The number of benzene rings is 6. The van der Waals surface area contributed by atoms with Crippen LogP contribution in [-0.2, 0) is 40.9 Å². The second-order valence-electron chi connectivity index (χ2n) is 15.7. The summed E-state index contributed by atoms with van der Waals surface area (Å²) in [6, 6.07) is 42.2. The number of ether oxygens (including phenoxy) is 2. The van der Waals surface area contributed by atoms with Crippen molar-refractivity contribution in [3.05, 3.63) is 189 Å². The fourth-order valence-electron chi connectivity index (χ4n) is 7.43. The third-order valence-corrected chi connectivity index (χ3v) is 11.7. The van der Waals surface area contributed by atoms with Crippen molar-refractivity contribution in [2.24, 2.45) is 14.1 Å². The fourth-order valence-corrected chi connectivity index (χ4v) is 8.05. The topological polar surface area (TPSA) is 180 Å². The number of rotatable bonds is 14. The number of aliphatic carboxylic acids is 1. The number of phenols is 1. The van der Waals surface area contributed by atoms with Gasteiger partial charge in [0.05, 0.1) is 31.8 Å². The Bertz CT molecular complexity index is 2940. The first kappa shape index (κ1) is 50.3. The minimum absolute atomic E-state index is 0.106. The molecule has 68 heavy (non-hydrogen) atoms. The molecule has 2 heterocycles. The van der Waals surface area contributed by atoms with E-state index in [1.807, 2.05) is 91.9 Å². The second-order valence-corrected chi connectivity index (χ2v) is 16.8. The number of carbonyl (C=O) groups is 2. The monoisotopic (exact) mass is 974 g/mol. The van der Waals surface area contributed by atoms with Crippen LogP contribution in [0.5, 0.6) is 11.5 Å². The number of aromatic hydroxyl groups is 1. The van der Waals surface area contributed by atoms with Gasteiger partial charge < -0.3 is 19.7 Å². The molecule has 0 amide bonds. The predicted molar refractivity (Wildman–Crippen MR) is 262 cm³/mol. The van der Waals surface area contributed by atoms with Crippen molar-refractivity contribution in [1.29, 1.82) is 0 Å². The number of carboxylic acids is 1. The van der Waals surface area contributed by atoms with Crippen LogP contribution in [0, 0.1) is 13.8 Å². The molecule has 0 radical (unpaired) electrons. The molecule has 0 aliphatic heterocycles. The molecule has 2 aromatic heterocycles. The first-order valence-corrected chi connectivity index (χ1v) is 22.5. The molecule has 8 rings (SSSR count). The fraction of sp³-hybridized carbons (Fsp3) is 0.216. The molecule has 14 nitrogen and oxygen atoms in total. The zero-order valence-corrected chi connectivity index (χ0v) is 40.2. The summed E-state index contributed by atoms with van der Waals surface area (Å²) < 4.78 is 13.7. The van der Waals surface area contributed by atoms with Gasteiger partial charge in [-0.3, -0.25) is 9.59 Å². The van der Waals surface area contributed by atoms with Gasteiger partial charge in [0.25, 0.3) is 0 Å². The highest BCUT2D eigenvalue weighted by Gasteiger charge is 2.25. The molecule has 0 bridgehead atoms. The van der Waals surface area contributed by atoms with E-state index >= 15 is 0 Å². The van der Waals surface area contributed by atoms with Crippen LogP contribution in [-0.4, -0.2) is 69.7 Å². The summed E-state index contributed by atoms with van der Waals surface area (Å²) in [5.41, 5.74) is 10.7. The first-order chi connectivity index (χ1) is 32.7. The summed E-state index contributed by atoms with van der Waals surface area (Å²) in [6.07, 6.45) is 0.0286.